The van der Waals surface area contributed by atoms with Gasteiger partial charge in [-0.05, 0) is 49.4 Å². The maximum Gasteiger partial charge on any atom is 0.230 e. The van der Waals surface area contributed by atoms with E-state index < -0.39 is 10.0 Å². The Bertz CT molecular complexity index is 1020. The third kappa shape index (κ3) is 4.06. The van der Waals surface area contributed by atoms with Crippen molar-refractivity contribution in [3.63, 3.8) is 0 Å². The molecule has 0 aromatic heterocycles. The van der Waals surface area contributed by atoms with Gasteiger partial charge in [-0.2, -0.15) is 0 Å². The third-order valence-corrected chi connectivity index (χ3v) is 8.13. The molecule has 7 heteroatoms. The van der Waals surface area contributed by atoms with E-state index >= 15 is 0 Å². The summed E-state index contributed by atoms with van der Waals surface area (Å²) >= 11 is 6.13. The molecule has 4 rings (SSSR count). The van der Waals surface area contributed by atoms with E-state index in [2.05, 4.69) is 13.0 Å². The number of rotatable bonds is 4. The Hall–Kier alpha value is -1.89. The number of benzene rings is 2. The molecule has 0 spiro atoms. The Morgan fingerprint density at radius 3 is 2.45 bits per heavy atom. The van der Waals surface area contributed by atoms with Gasteiger partial charge in [-0.25, -0.2) is 12.7 Å². The summed E-state index contributed by atoms with van der Waals surface area (Å²) in [5.74, 6) is -0.136. The maximum atomic E-state index is 13.2. The van der Waals surface area contributed by atoms with Crippen LogP contribution in [-0.2, 0) is 27.0 Å². The highest BCUT2D eigenvalue weighted by molar-refractivity contribution is 7.88. The number of carbonyl (C=O) groups is 1. The first kappa shape index (κ1) is 20.4. The van der Waals surface area contributed by atoms with E-state index in [-0.39, 0.29) is 23.6 Å². The lowest BCUT2D eigenvalue weighted by Crippen LogP contribution is -2.46. The minimum absolute atomic E-state index is 0.109. The first-order valence-corrected chi connectivity index (χ1v) is 12.0. The molecule has 154 valence electrons. The highest BCUT2D eigenvalue weighted by atomic mass is 35.5. The molecule has 0 radical (unpaired) electrons. The van der Waals surface area contributed by atoms with Crippen LogP contribution in [0, 0.1) is 5.92 Å². The van der Waals surface area contributed by atoms with Gasteiger partial charge in [-0.1, -0.05) is 48.0 Å². The lowest BCUT2D eigenvalue weighted by molar-refractivity contribution is -0.123. The number of halogens is 1. The van der Waals surface area contributed by atoms with Gasteiger partial charge in [0.25, 0.3) is 0 Å². The fourth-order valence-electron chi connectivity index (χ4n) is 4.38. The van der Waals surface area contributed by atoms with Crippen LogP contribution < -0.4 is 4.90 Å². The molecule has 1 fully saturated rings. The summed E-state index contributed by atoms with van der Waals surface area (Å²) in [6.45, 7) is 2.81. The predicted octanol–water partition coefficient (Wildman–Crippen LogP) is 3.86. The zero-order valence-corrected chi connectivity index (χ0v) is 18.0. The van der Waals surface area contributed by atoms with Gasteiger partial charge in [0.1, 0.15) is 0 Å². The lowest BCUT2D eigenvalue weighted by Gasteiger charge is -2.34. The fraction of sp³-hybridized carbons (Fsp3) is 0.409. The van der Waals surface area contributed by atoms with Crippen molar-refractivity contribution in [2.24, 2.45) is 5.92 Å². The highest BCUT2D eigenvalue weighted by Crippen LogP contribution is 2.35. The van der Waals surface area contributed by atoms with E-state index in [9.17, 15) is 13.2 Å². The molecule has 0 aliphatic carbocycles. The first-order valence-electron chi connectivity index (χ1n) is 9.99. The number of sulfonamides is 1. The van der Waals surface area contributed by atoms with Crippen LogP contribution in [0.2, 0.25) is 5.02 Å². The van der Waals surface area contributed by atoms with Crippen molar-refractivity contribution in [2.75, 3.05) is 18.0 Å². The number of anilines is 1. The number of fused-ring (bicyclic) bond motifs is 1. The number of carbonyl (C=O) groups excluding carboxylic acids is 1. The largest absolute Gasteiger partial charge is 0.309 e. The second kappa shape index (κ2) is 8.09. The summed E-state index contributed by atoms with van der Waals surface area (Å²) < 4.78 is 27.2. The van der Waals surface area contributed by atoms with Crippen LogP contribution in [0.15, 0.2) is 48.5 Å². The van der Waals surface area contributed by atoms with E-state index in [4.69, 9.17) is 11.6 Å². The molecule has 1 atom stereocenters. The summed E-state index contributed by atoms with van der Waals surface area (Å²) in [5.41, 5.74) is 2.81. The topological polar surface area (TPSA) is 57.7 Å². The number of piperidine rings is 1. The standard InChI is InChI=1S/C22H25ClN2O3S/c1-16-14-18-6-3-5-9-21(18)25(16)22(26)17-10-12-24(13-11-17)29(27,28)15-19-7-2-4-8-20(19)23/h2-9,16-17H,10-15H2,1H3/t16-/m1/s1. The van der Waals surface area contributed by atoms with Gasteiger partial charge in [0, 0.05) is 35.8 Å². The van der Waals surface area contributed by atoms with Crippen molar-refractivity contribution in [1.82, 2.24) is 4.31 Å². The first-order chi connectivity index (χ1) is 13.9. The second-order valence-electron chi connectivity index (χ2n) is 7.91. The van der Waals surface area contributed by atoms with Crippen LogP contribution >= 0.6 is 11.6 Å². The molecule has 2 aliphatic heterocycles. The number of para-hydroxylation sites is 1. The molecule has 0 unspecified atom stereocenters. The second-order valence-corrected chi connectivity index (χ2v) is 10.3. The normalized spacial score (nSPS) is 20.6. The molecule has 2 aromatic rings. The van der Waals surface area contributed by atoms with Crippen LogP contribution in [0.25, 0.3) is 0 Å². The average Bonchev–Trinajstić information content (AvgIpc) is 3.05. The molecule has 5 nitrogen and oxygen atoms in total. The zero-order chi connectivity index (χ0) is 20.6. The molecule has 1 saturated heterocycles. The Labute approximate surface area is 177 Å². The van der Waals surface area contributed by atoms with Crippen LogP contribution in [-0.4, -0.2) is 37.8 Å². The molecule has 29 heavy (non-hydrogen) atoms. The lowest BCUT2D eigenvalue weighted by atomic mass is 9.96. The van der Waals surface area contributed by atoms with Crippen LogP contribution in [0.5, 0.6) is 0 Å². The van der Waals surface area contributed by atoms with Crippen molar-refractivity contribution < 1.29 is 13.2 Å². The highest BCUT2D eigenvalue weighted by Gasteiger charge is 2.37. The minimum Gasteiger partial charge on any atom is -0.309 e. The summed E-state index contributed by atoms with van der Waals surface area (Å²) in [5, 5.41) is 0.461. The minimum atomic E-state index is -3.46. The van der Waals surface area contributed by atoms with E-state index in [0.29, 0.717) is 36.5 Å². The number of amides is 1. The van der Waals surface area contributed by atoms with Gasteiger partial charge in [-0.3, -0.25) is 4.79 Å². The summed E-state index contributed by atoms with van der Waals surface area (Å²) in [4.78, 5) is 15.1. The van der Waals surface area contributed by atoms with Gasteiger partial charge >= 0.3 is 0 Å². The van der Waals surface area contributed by atoms with Gasteiger partial charge in [0.05, 0.1) is 5.75 Å². The van der Waals surface area contributed by atoms with E-state index in [0.717, 1.165) is 12.1 Å². The molecule has 1 amide bonds. The van der Waals surface area contributed by atoms with Crippen LogP contribution in [0.3, 0.4) is 0 Å². The third-order valence-electron chi connectivity index (χ3n) is 5.94. The van der Waals surface area contributed by atoms with Gasteiger partial charge < -0.3 is 4.90 Å². The Morgan fingerprint density at radius 2 is 1.72 bits per heavy atom. The van der Waals surface area contributed by atoms with E-state index in [1.807, 2.05) is 23.1 Å². The summed E-state index contributed by atoms with van der Waals surface area (Å²) in [6, 6.07) is 15.2. The molecule has 0 saturated carbocycles. The summed E-state index contributed by atoms with van der Waals surface area (Å²) in [7, 11) is -3.46. The summed E-state index contributed by atoms with van der Waals surface area (Å²) in [6.07, 6.45) is 1.96. The number of hydrogen-bond donors (Lipinski definition) is 0. The smallest absolute Gasteiger partial charge is 0.230 e. The Kier molecular flexibility index (Phi) is 5.69. The quantitative estimate of drug-likeness (QED) is 0.737. The van der Waals surface area contributed by atoms with Gasteiger partial charge in [0.2, 0.25) is 15.9 Å². The molecular weight excluding hydrogens is 408 g/mol. The monoisotopic (exact) mass is 432 g/mol. The Morgan fingerprint density at radius 1 is 1.07 bits per heavy atom. The van der Waals surface area contributed by atoms with E-state index in [1.54, 1.807) is 24.3 Å². The van der Waals surface area contributed by atoms with Crippen molar-refractivity contribution in [3.8, 4) is 0 Å². The van der Waals surface area contributed by atoms with Crippen molar-refractivity contribution in [3.05, 3.63) is 64.7 Å². The number of nitrogens with zero attached hydrogens (tertiary/aromatic N) is 2. The SMILES string of the molecule is C[C@@H]1Cc2ccccc2N1C(=O)C1CCN(S(=O)(=O)Cc2ccccc2Cl)CC1. The van der Waals surface area contributed by atoms with Crippen molar-refractivity contribution >= 4 is 33.2 Å². The average molecular weight is 433 g/mol. The molecule has 0 N–H and O–H groups in total. The molecule has 2 heterocycles. The van der Waals surface area contributed by atoms with Crippen LogP contribution in [0.1, 0.15) is 30.9 Å². The number of hydrogen-bond acceptors (Lipinski definition) is 3. The Balaban J connectivity index is 1.42. The zero-order valence-electron chi connectivity index (χ0n) is 16.4. The molecular formula is C22H25ClN2O3S. The van der Waals surface area contributed by atoms with E-state index in [1.165, 1.54) is 9.87 Å². The van der Waals surface area contributed by atoms with Crippen molar-refractivity contribution in [1.29, 1.82) is 0 Å². The van der Waals surface area contributed by atoms with Gasteiger partial charge in [0.15, 0.2) is 0 Å². The van der Waals surface area contributed by atoms with Gasteiger partial charge in [-0.15, -0.1) is 0 Å². The van der Waals surface area contributed by atoms with Crippen LogP contribution in [0.4, 0.5) is 5.69 Å². The fourth-order valence-corrected chi connectivity index (χ4v) is 6.26. The molecule has 2 aromatic carbocycles. The molecule has 2 aliphatic rings. The molecule has 0 bridgehead atoms. The maximum absolute atomic E-state index is 13.2. The predicted molar refractivity (Wildman–Crippen MR) is 115 cm³/mol. The van der Waals surface area contributed by atoms with Crippen molar-refractivity contribution in [2.45, 2.75) is 38.0 Å².